The van der Waals surface area contributed by atoms with Crippen LogP contribution in [0.2, 0.25) is 0 Å². The number of nitrogens with zero attached hydrogens (tertiary/aromatic N) is 1. The van der Waals surface area contributed by atoms with Gasteiger partial charge in [-0.25, -0.2) is 0 Å². The van der Waals surface area contributed by atoms with Crippen molar-refractivity contribution in [2.75, 3.05) is 6.54 Å². The lowest BCUT2D eigenvalue weighted by Crippen LogP contribution is -2.14. The van der Waals surface area contributed by atoms with Crippen LogP contribution in [-0.4, -0.2) is 11.4 Å². The third-order valence-corrected chi connectivity index (χ3v) is 3.18. The summed E-state index contributed by atoms with van der Waals surface area (Å²) < 4.78 is 0. The van der Waals surface area contributed by atoms with Crippen LogP contribution in [0.25, 0.3) is 5.57 Å². The van der Waals surface area contributed by atoms with Crippen LogP contribution in [-0.2, 0) is 6.54 Å². The lowest BCUT2D eigenvalue weighted by atomic mass is 10.0. The molecule has 0 amide bonds. The van der Waals surface area contributed by atoms with E-state index in [9.17, 15) is 0 Å². The number of allylic oxidation sites excluding steroid dienone is 1. The largest absolute Gasteiger partial charge is 0.369 e. The monoisotopic (exact) mass is 237 g/mol. The minimum Gasteiger partial charge on any atom is -0.369 e. The summed E-state index contributed by atoms with van der Waals surface area (Å²) in [7, 11) is 0. The fourth-order valence-electron chi connectivity index (χ4n) is 2.16. The molecule has 0 saturated carbocycles. The molecule has 0 spiro atoms. The third kappa shape index (κ3) is 2.82. The van der Waals surface area contributed by atoms with Gasteiger partial charge in [0, 0.05) is 24.9 Å². The summed E-state index contributed by atoms with van der Waals surface area (Å²) in [6.45, 7) is 11.7. The first-order valence-electron chi connectivity index (χ1n) is 6.31. The van der Waals surface area contributed by atoms with Crippen molar-refractivity contribution in [2.24, 2.45) is 0 Å². The Morgan fingerprint density at radius 1 is 1.33 bits per heavy atom. The highest BCUT2D eigenvalue weighted by Gasteiger charge is 2.08. The highest BCUT2D eigenvalue weighted by molar-refractivity contribution is 5.64. The number of benzene rings is 1. The van der Waals surface area contributed by atoms with E-state index in [0.717, 1.165) is 19.5 Å². The van der Waals surface area contributed by atoms with Gasteiger partial charge in [0.25, 0.3) is 0 Å². The van der Waals surface area contributed by atoms with Gasteiger partial charge >= 0.3 is 0 Å². The summed E-state index contributed by atoms with van der Waals surface area (Å²) >= 11 is 0. The van der Waals surface area contributed by atoms with E-state index in [2.05, 4.69) is 67.3 Å². The summed E-state index contributed by atoms with van der Waals surface area (Å²) in [5.41, 5.74) is 7.89. The SMILES string of the molecule is C=C=C(CC)c1ccc(CN2C=CC(=C)C2)cc1. The van der Waals surface area contributed by atoms with Crippen molar-refractivity contribution >= 4 is 5.57 Å². The quantitative estimate of drug-likeness (QED) is 0.711. The van der Waals surface area contributed by atoms with E-state index in [1.807, 2.05) is 0 Å². The van der Waals surface area contributed by atoms with Crippen molar-refractivity contribution in [1.82, 2.24) is 4.90 Å². The molecule has 18 heavy (non-hydrogen) atoms. The predicted molar refractivity (Wildman–Crippen MR) is 78.0 cm³/mol. The highest BCUT2D eigenvalue weighted by atomic mass is 15.1. The van der Waals surface area contributed by atoms with Gasteiger partial charge in [0.2, 0.25) is 0 Å². The molecule has 1 heterocycles. The first-order valence-corrected chi connectivity index (χ1v) is 6.31. The first-order chi connectivity index (χ1) is 8.72. The zero-order valence-corrected chi connectivity index (χ0v) is 10.9. The molecule has 0 fully saturated rings. The molecule has 0 unspecified atom stereocenters. The second-order valence-electron chi connectivity index (χ2n) is 4.58. The van der Waals surface area contributed by atoms with Crippen molar-refractivity contribution in [3.05, 3.63) is 72.1 Å². The van der Waals surface area contributed by atoms with E-state index in [-0.39, 0.29) is 0 Å². The van der Waals surface area contributed by atoms with Crippen LogP contribution in [0.1, 0.15) is 24.5 Å². The molecule has 0 N–H and O–H groups in total. The van der Waals surface area contributed by atoms with Crippen LogP contribution in [0.4, 0.5) is 0 Å². The van der Waals surface area contributed by atoms with Crippen molar-refractivity contribution in [1.29, 1.82) is 0 Å². The Balaban J connectivity index is 2.06. The average Bonchev–Trinajstić information content (AvgIpc) is 2.78. The molecule has 1 aromatic rings. The summed E-state index contributed by atoms with van der Waals surface area (Å²) in [5.74, 6) is 0. The first kappa shape index (κ1) is 12.5. The molecule has 0 atom stereocenters. The lowest BCUT2D eigenvalue weighted by Gasteiger charge is -2.15. The standard InChI is InChI=1S/C17H19N/c1-4-16(5-2)17-8-6-15(7-9-17)13-18-11-10-14(3)12-18/h6-11H,1,3,5,12-13H2,2H3. The number of rotatable bonds is 4. The third-order valence-electron chi connectivity index (χ3n) is 3.18. The van der Waals surface area contributed by atoms with Gasteiger partial charge < -0.3 is 4.90 Å². The predicted octanol–water partition coefficient (Wildman–Crippen LogP) is 4.15. The van der Waals surface area contributed by atoms with E-state index in [0.29, 0.717) is 0 Å². The molecule has 1 aromatic carbocycles. The molecule has 0 radical (unpaired) electrons. The second-order valence-corrected chi connectivity index (χ2v) is 4.58. The molecule has 0 aromatic heterocycles. The zero-order chi connectivity index (χ0) is 13.0. The molecule has 0 bridgehead atoms. The van der Waals surface area contributed by atoms with Gasteiger partial charge in [-0.2, -0.15) is 0 Å². The lowest BCUT2D eigenvalue weighted by molar-refractivity contribution is 0.420. The van der Waals surface area contributed by atoms with Crippen LogP contribution >= 0.6 is 0 Å². The zero-order valence-electron chi connectivity index (χ0n) is 10.9. The molecular formula is C17H19N. The number of hydrogen-bond donors (Lipinski definition) is 0. The van der Waals surface area contributed by atoms with Crippen LogP contribution in [0.15, 0.2) is 61.0 Å². The van der Waals surface area contributed by atoms with Crippen LogP contribution in [0.5, 0.6) is 0 Å². The van der Waals surface area contributed by atoms with E-state index >= 15 is 0 Å². The topological polar surface area (TPSA) is 3.24 Å². The van der Waals surface area contributed by atoms with E-state index in [1.165, 1.54) is 22.3 Å². The average molecular weight is 237 g/mol. The van der Waals surface area contributed by atoms with Gasteiger partial charge in [-0.15, -0.1) is 5.73 Å². The summed E-state index contributed by atoms with van der Waals surface area (Å²) in [4.78, 5) is 2.27. The van der Waals surface area contributed by atoms with Gasteiger partial charge in [0.1, 0.15) is 0 Å². The normalized spacial score (nSPS) is 13.8. The Bertz CT molecular complexity index is 513. The Morgan fingerprint density at radius 2 is 2.06 bits per heavy atom. The van der Waals surface area contributed by atoms with Crippen LogP contribution < -0.4 is 0 Å². The van der Waals surface area contributed by atoms with Gasteiger partial charge in [0.05, 0.1) is 0 Å². The second kappa shape index (κ2) is 5.57. The molecular weight excluding hydrogens is 218 g/mol. The van der Waals surface area contributed by atoms with Gasteiger partial charge in [-0.05, 0) is 29.2 Å². The molecule has 1 aliphatic heterocycles. The highest BCUT2D eigenvalue weighted by Crippen LogP contribution is 2.19. The maximum Gasteiger partial charge on any atom is 0.0427 e. The van der Waals surface area contributed by atoms with Crippen LogP contribution in [0.3, 0.4) is 0 Å². The van der Waals surface area contributed by atoms with Crippen molar-refractivity contribution in [3.8, 4) is 0 Å². The maximum absolute atomic E-state index is 3.96. The fraction of sp³-hybridized carbons (Fsp3) is 0.235. The minimum absolute atomic E-state index is 0.939. The van der Waals surface area contributed by atoms with Crippen molar-refractivity contribution in [2.45, 2.75) is 19.9 Å². The van der Waals surface area contributed by atoms with Gasteiger partial charge in [0.15, 0.2) is 0 Å². The molecule has 1 heteroatoms. The minimum atomic E-state index is 0.939. The summed E-state index contributed by atoms with van der Waals surface area (Å²) in [6.07, 6.45) is 5.15. The van der Waals surface area contributed by atoms with E-state index < -0.39 is 0 Å². The Hall–Kier alpha value is -1.98. The summed E-state index contributed by atoms with van der Waals surface area (Å²) in [6, 6.07) is 8.66. The Morgan fingerprint density at radius 3 is 2.56 bits per heavy atom. The molecule has 0 aliphatic carbocycles. The molecule has 92 valence electrons. The van der Waals surface area contributed by atoms with E-state index in [4.69, 9.17) is 0 Å². The molecule has 2 rings (SSSR count). The maximum atomic E-state index is 3.96. The fourth-order valence-corrected chi connectivity index (χ4v) is 2.16. The van der Waals surface area contributed by atoms with Gasteiger partial charge in [-0.1, -0.05) is 44.3 Å². The number of hydrogen-bond acceptors (Lipinski definition) is 1. The van der Waals surface area contributed by atoms with Crippen molar-refractivity contribution < 1.29 is 0 Å². The smallest absolute Gasteiger partial charge is 0.0427 e. The van der Waals surface area contributed by atoms with E-state index in [1.54, 1.807) is 0 Å². The molecule has 1 aliphatic rings. The van der Waals surface area contributed by atoms with Gasteiger partial charge in [-0.3, -0.25) is 0 Å². The summed E-state index contributed by atoms with van der Waals surface area (Å²) in [5, 5.41) is 0. The molecule has 1 nitrogen and oxygen atoms in total. The Labute approximate surface area is 109 Å². The molecule has 0 saturated heterocycles. The van der Waals surface area contributed by atoms with Crippen molar-refractivity contribution in [3.63, 3.8) is 0 Å². The Kier molecular flexibility index (Phi) is 3.86. The van der Waals surface area contributed by atoms with Crippen LogP contribution in [0, 0.1) is 0 Å².